The molecule has 0 spiro atoms. The van der Waals surface area contributed by atoms with Crippen LogP contribution in [0.1, 0.15) is 30.9 Å². The van der Waals surface area contributed by atoms with E-state index >= 15 is 0 Å². The summed E-state index contributed by atoms with van der Waals surface area (Å²) in [5.41, 5.74) is 2.21. The molecule has 0 aliphatic heterocycles. The molecule has 18 heavy (non-hydrogen) atoms. The van der Waals surface area contributed by atoms with Crippen molar-refractivity contribution in [2.45, 2.75) is 39.2 Å². The van der Waals surface area contributed by atoms with Crippen molar-refractivity contribution in [2.75, 3.05) is 6.54 Å². The fourth-order valence-electron chi connectivity index (χ4n) is 2.14. The fraction of sp³-hybridized carbons (Fsp3) is 0.500. The molecule has 0 radical (unpaired) electrons. The van der Waals surface area contributed by atoms with Gasteiger partial charge in [0.05, 0.1) is 0 Å². The maximum atomic E-state index is 13.3. The van der Waals surface area contributed by atoms with Crippen LogP contribution in [0, 0.1) is 18.2 Å². The van der Waals surface area contributed by atoms with E-state index in [2.05, 4.69) is 18.8 Å². The van der Waals surface area contributed by atoms with Gasteiger partial charge in [0.15, 0.2) is 0 Å². The summed E-state index contributed by atoms with van der Waals surface area (Å²) in [7, 11) is 0. The molecule has 0 saturated heterocycles. The molecule has 1 aliphatic carbocycles. The van der Waals surface area contributed by atoms with Crippen molar-refractivity contribution in [1.29, 1.82) is 0 Å². The highest BCUT2D eigenvalue weighted by molar-refractivity contribution is 5.28. The standard InChI is InChI=1S/C16H22FN/c1-4-16(3,11-18-15-7-8-15)10-13-9-14(17)6-5-12(13)2/h4-6,9,15,18H,1,7-8,10-11H2,2-3H3. The van der Waals surface area contributed by atoms with Crippen LogP contribution in [0.25, 0.3) is 0 Å². The first-order chi connectivity index (χ1) is 8.52. The molecule has 1 aromatic carbocycles. The van der Waals surface area contributed by atoms with Crippen LogP contribution in [0.2, 0.25) is 0 Å². The molecule has 0 amide bonds. The zero-order chi connectivity index (χ0) is 13.2. The minimum atomic E-state index is -0.155. The van der Waals surface area contributed by atoms with E-state index in [1.54, 1.807) is 6.07 Å². The molecule has 1 aliphatic rings. The van der Waals surface area contributed by atoms with Crippen LogP contribution in [0.4, 0.5) is 4.39 Å². The summed E-state index contributed by atoms with van der Waals surface area (Å²) in [5.74, 6) is -0.155. The van der Waals surface area contributed by atoms with E-state index < -0.39 is 0 Å². The number of hydrogen-bond acceptors (Lipinski definition) is 1. The summed E-state index contributed by atoms with van der Waals surface area (Å²) in [6, 6.07) is 5.71. The Morgan fingerprint density at radius 3 is 2.83 bits per heavy atom. The molecule has 1 nitrogen and oxygen atoms in total. The van der Waals surface area contributed by atoms with Gasteiger partial charge in [-0.05, 0) is 49.4 Å². The molecule has 1 fully saturated rings. The normalized spacial score (nSPS) is 18.4. The van der Waals surface area contributed by atoms with E-state index in [9.17, 15) is 4.39 Å². The number of rotatable bonds is 6. The number of halogens is 1. The third kappa shape index (κ3) is 3.42. The van der Waals surface area contributed by atoms with Crippen LogP contribution in [-0.2, 0) is 6.42 Å². The van der Waals surface area contributed by atoms with Gasteiger partial charge in [-0.3, -0.25) is 0 Å². The molecule has 1 N–H and O–H groups in total. The topological polar surface area (TPSA) is 12.0 Å². The van der Waals surface area contributed by atoms with Gasteiger partial charge in [0.25, 0.3) is 0 Å². The predicted octanol–water partition coefficient (Wildman–Crippen LogP) is 3.62. The molecule has 1 atom stereocenters. The van der Waals surface area contributed by atoms with Gasteiger partial charge in [0.2, 0.25) is 0 Å². The van der Waals surface area contributed by atoms with Gasteiger partial charge in [0, 0.05) is 18.0 Å². The van der Waals surface area contributed by atoms with Gasteiger partial charge in [-0.25, -0.2) is 4.39 Å². The van der Waals surface area contributed by atoms with Crippen molar-refractivity contribution >= 4 is 0 Å². The van der Waals surface area contributed by atoms with Crippen molar-refractivity contribution in [1.82, 2.24) is 5.32 Å². The Morgan fingerprint density at radius 1 is 1.50 bits per heavy atom. The van der Waals surface area contributed by atoms with Crippen LogP contribution in [0.3, 0.4) is 0 Å². The largest absolute Gasteiger partial charge is 0.313 e. The third-order valence-electron chi connectivity index (χ3n) is 3.77. The Hall–Kier alpha value is -1.15. The lowest BCUT2D eigenvalue weighted by Gasteiger charge is -2.27. The highest BCUT2D eigenvalue weighted by Crippen LogP contribution is 2.27. The number of nitrogens with one attached hydrogen (secondary N) is 1. The van der Waals surface area contributed by atoms with E-state index in [4.69, 9.17) is 0 Å². The summed E-state index contributed by atoms with van der Waals surface area (Å²) >= 11 is 0. The lowest BCUT2D eigenvalue weighted by molar-refractivity contribution is 0.388. The molecule has 1 unspecified atom stereocenters. The maximum absolute atomic E-state index is 13.3. The molecule has 1 saturated carbocycles. The van der Waals surface area contributed by atoms with Crippen LogP contribution >= 0.6 is 0 Å². The van der Waals surface area contributed by atoms with Crippen LogP contribution in [-0.4, -0.2) is 12.6 Å². The second-order valence-corrected chi connectivity index (χ2v) is 5.76. The zero-order valence-electron chi connectivity index (χ0n) is 11.3. The van der Waals surface area contributed by atoms with Crippen LogP contribution < -0.4 is 5.32 Å². The molecule has 1 aromatic rings. The highest BCUT2D eigenvalue weighted by Gasteiger charge is 2.27. The van der Waals surface area contributed by atoms with Crippen molar-refractivity contribution in [3.05, 3.63) is 47.8 Å². The quantitative estimate of drug-likeness (QED) is 0.757. The molecule has 2 rings (SSSR count). The van der Waals surface area contributed by atoms with E-state index in [1.807, 2.05) is 19.1 Å². The Bertz CT molecular complexity index is 437. The molecule has 98 valence electrons. The third-order valence-corrected chi connectivity index (χ3v) is 3.77. The van der Waals surface area contributed by atoms with Gasteiger partial charge in [-0.1, -0.05) is 19.1 Å². The minimum absolute atomic E-state index is 0.0128. The summed E-state index contributed by atoms with van der Waals surface area (Å²) in [6.07, 6.45) is 5.39. The first-order valence-corrected chi connectivity index (χ1v) is 6.64. The molecule has 2 heteroatoms. The van der Waals surface area contributed by atoms with Crippen molar-refractivity contribution in [3.63, 3.8) is 0 Å². The van der Waals surface area contributed by atoms with Crippen LogP contribution in [0.15, 0.2) is 30.9 Å². The lowest BCUT2D eigenvalue weighted by Crippen LogP contribution is -2.33. The van der Waals surface area contributed by atoms with E-state index in [0.29, 0.717) is 6.04 Å². The van der Waals surface area contributed by atoms with Crippen LogP contribution in [0.5, 0.6) is 0 Å². The minimum Gasteiger partial charge on any atom is -0.313 e. The molecule has 0 aromatic heterocycles. The van der Waals surface area contributed by atoms with E-state index in [1.165, 1.54) is 18.9 Å². The number of benzene rings is 1. The smallest absolute Gasteiger partial charge is 0.123 e. The molecular weight excluding hydrogens is 225 g/mol. The predicted molar refractivity (Wildman–Crippen MR) is 74.2 cm³/mol. The first kappa shape index (κ1) is 13.3. The highest BCUT2D eigenvalue weighted by atomic mass is 19.1. The van der Waals surface area contributed by atoms with Crippen molar-refractivity contribution < 1.29 is 4.39 Å². The Labute approximate surface area is 109 Å². The average molecular weight is 247 g/mol. The summed E-state index contributed by atoms with van der Waals surface area (Å²) in [5, 5.41) is 3.54. The lowest BCUT2D eigenvalue weighted by atomic mass is 9.82. The Kier molecular flexibility index (Phi) is 3.86. The summed E-state index contributed by atoms with van der Waals surface area (Å²) < 4.78 is 13.3. The zero-order valence-corrected chi connectivity index (χ0v) is 11.3. The van der Waals surface area contributed by atoms with Gasteiger partial charge in [-0.15, -0.1) is 6.58 Å². The average Bonchev–Trinajstić information content (AvgIpc) is 3.15. The van der Waals surface area contributed by atoms with Gasteiger partial charge in [0.1, 0.15) is 5.82 Å². The first-order valence-electron chi connectivity index (χ1n) is 6.64. The van der Waals surface area contributed by atoms with Crippen molar-refractivity contribution in [2.24, 2.45) is 5.41 Å². The monoisotopic (exact) mass is 247 g/mol. The van der Waals surface area contributed by atoms with E-state index in [-0.39, 0.29) is 11.2 Å². The Balaban J connectivity index is 2.07. The molecule has 0 bridgehead atoms. The SMILES string of the molecule is C=CC(C)(CNC1CC1)Cc1cc(F)ccc1C. The second kappa shape index (κ2) is 5.23. The molecule has 0 heterocycles. The van der Waals surface area contributed by atoms with Gasteiger partial charge < -0.3 is 5.32 Å². The van der Waals surface area contributed by atoms with Gasteiger partial charge in [-0.2, -0.15) is 0 Å². The molecular formula is C16H22FN. The van der Waals surface area contributed by atoms with Crippen molar-refractivity contribution in [3.8, 4) is 0 Å². The van der Waals surface area contributed by atoms with E-state index in [0.717, 1.165) is 24.1 Å². The van der Waals surface area contributed by atoms with Gasteiger partial charge >= 0.3 is 0 Å². The summed E-state index contributed by atoms with van der Waals surface area (Å²) in [4.78, 5) is 0. The second-order valence-electron chi connectivity index (χ2n) is 5.76. The number of hydrogen-bond donors (Lipinski definition) is 1. The maximum Gasteiger partial charge on any atom is 0.123 e. The Morgan fingerprint density at radius 2 is 2.22 bits per heavy atom. The fourth-order valence-corrected chi connectivity index (χ4v) is 2.14. The number of aryl methyl sites for hydroxylation is 1. The summed E-state index contributed by atoms with van der Waals surface area (Å²) in [6.45, 7) is 9.07.